The molecule has 2 aromatic rings. The molecule has 0 radical (unpaired) electrons. The first kappa shape index (κ1) is 18.1. The number of rotatable bonds is 4. The Morgan fingerprint density at radius 1 is 1.17 bits per heavy atom. The topological polar surface area (TPSA) is 62.6 Å². The van der Waals surface area contributed by atoms with Crippen LogP contribution in [0.5, 0.6) is 0 Å². The van der Waals surface area contributed by atoms with E-state index in [1.54, 1.807) is 25.2 Å². The van der Waals surface area contributed by atoms with Gasteiger partial charge in [-0.25, -0.2) is 0 Å². The molecule has 0 aliphatic carbocycles. The number of hydrogen-bond acceptors (Lipinski definition) is 3. The van der Waals surface area contributed by atoms with Crippen LogP contribution < -0.4 is 5.32 Å². The molecule has 128 valence electrons. The fraction of sp³-hybridized carbons (Fsp3) is 0.333. The summed E-state index contributed by atoms with van der Waals surface area (Å²) < 4.78 is 5.61. The average molecular weight is 349 g/mol. The van der Waals surface area contributed by atoms with E-state index in [1.807, 2.05) is 39.0 Å². The van der Waals surface area contributed by atoms with Gasteiger partial charge in [-0.3, -0.25) is 9.59 Å². The van der Waals surface area contributed by atoms with E-state index in [9.17, 15) is 9.59 Å². The highest BCUT2D eigenvalue weighted by Crippen LogP contribution is 2.29. The highest BCUT2D eigenvalue weighted by molar-refractivity contribution is 6.33. The van der Waals surface area contributed by atoms with Crippen LogP contribution in [0.1, 0.15) is 31.3 Å². The monoisotopic (exact) mass is 348 g/mol. The van der Waals surface area contributed by atoms with Crippen LogP contribution >= 0.6 is 11.6 Å². The number of carbonyl (C=O) groups excluding carboxylic acids is 2. The Hall–Kier alpha value is -2.27. The molecule has 0 aliphatic rings. The number of hydrogen-bond donors (Lipinski definition) is 1. The molecule has 1 aromatic carbocycles. The number of benzene rings is 1. The van der Waals surface area contributed by atoms with Gasteiger partial charge in [0, 0.05) is 18.2 Å². The Balaban J connectivity index is 2.08. The molecule has 1 aromatic heterocycles. The lowest BCUT2D eigenvalue weighted by Gasteiger charge is -2.23. The van der Waals surface area contributed by atoms with E-state index < -0.39 is 0 Å². The molecular weight excluding hydrogens is 328 g/mol. The number of furan rings is 1. The van der Waals surface area contributed by atoms with Crippen LogP contribution in [0.15, 0.2) is 40.8 Å². The molecule has 0 saturated carbocycles. The summed E-state index contributed by atoms with van der Waals surface area (Å²) in [6.07, 6.45) is 0. The quantitative estimate of drug-likeness (QED) is 0.918. The van der Waals surface area contributed by atoms with Crippen LogP contribution in [0.3, 0.4) is 0 Å². The van der Waals surface area contributed by atoms with Gasteiger partial charge in [-0.05, 0) is 45.0 Å². The zero-order chi connectivity index (χ0) is 17.9. The van der Waals surface area contributed by atoms with Crippen molar-refractivity contribution < 1.29 is 14.0 Å². The van der Waals surface area contributed by atoms with Crippen molar-refractivity contribution in [1.29, 1.82) is 0 Å². The normalized spacial score (nSPS) is 11.2. The van der Waals surface area contributed by atoms with Gasteiger partial charge in [-0.15, -0.1) is 0 Å². The van der Waals surface area contributed by atoms with E-state index >= 15 is 0 Å². The zero-order valence-electron chi connectivity index (χ0n) is 14.2. The van der Waals surface area contributed by atoms with Gasteiger partial charge >= 0.3 is 0 Å². The summed E-state index contributed by atoms with van der Waals surface area (Å²) in [6.45, 7) is 5.61. The Morgan fingerprint density at radius 3 is 2.46 bits per heavy atom. The SMILES string of the molecule is CN(CC(=O)NC(C)(C)C)C(=O)c1ccc(-c2ccccc2Cl)o1. The van der Waals surface area contributed by atoms with Crippen molar-refractivity contribution in [2.24, 2.45) is 0 Å². The average Bonchev–Trinajstić information content (AvgIpc) is 2.94. The Bertz CT molecular complexity index is 747. The summed E-state index contributed by atoms with van der Waals surface area (Å²) in [5.74, 6) is 0.0843. The molecule has 0 fully saturated rings. The van der Waals surface area contributed by atoms with Crippen LogP contribution in [0.2, 0.25) is 5.02 Å². The first-order valence-corrected chi connectivity index (χ1v) is 7.96. The largest absolute Gasteiger partial charge is 0.451 e. The minimum atomic E-state index is -0.364. The minimum Gasteiger partial charge on any atom is -0.451 e. The van der Waals surface area contributed by atoms with Gasteiger partial charge in [0.1, 0.15) is 5.76 Å². The maximum atomic E-state index is 12.4. The molecule has 2 amide bonds. The second-order valence-corrected chi connectivity index (χ2v) is 7.01. The number of carbonyl (C=O) groups is 2. The van der Waals surface area contributed by atoms with Gasteiger partial charge in [0.2, 0.25) is 5.91 Å². The van der Waals surface area contributed by atoms with E-state index in [1.165, 1.54) is 4.90 Å². The Morgan fingerprint density at radius 2 is 1.83 bits per heavy atom. The van der Waals surface area contributed by atoms with Gasteiger partial charge in [-0.1, -0.05) is 23.7 Å². The molecule has 0 spiro atoms. The predicted molar refractivity (Wildman–Crippen MR) is 94.0 cm³/mol. The Kier molecular flexibility index (Phi) is 5.34. The molecule has 2 rings (SSSR count). The van der Waals surface area contributed by atoms with Crippen molar-refractivity contribution in [3.05, 3.63) is 47.2 Å². The summed E-state index contributed by atoms with van der Waals surface area (Å²) in [6, 6.07) is 10.5. The van der Waals surface area contributed by atoms with Crippen LogP contribution in [0.4, 0.5) is 0 Å². The van der Waals surface area contributed by atoms with E-state index in [0.717, 1.165) is 0 Å². The molecule has 24 heavy (non-hydrogen) atoms. The number of halogens is 1. The molecule has 5 nitrogen and oxygen atoms in total. The maximum absolute atomic E-state index is 12.4. The van der Waals surface area contributed by atoms with Gasteiger partial charge in [-0.2, -0.15) is 0 Å². The zero-order valence-corrected chi connectivity index (χ0v) is 15.0. The lowest BCUT2D eigenvalue weighted by atomic mass is 10.1. The first-order chi connectivity index (χ1) is 11.2. The number of likely N-dealkylation sites (N-methyl/N-ethyl adjacent to an activating group) is 1. The van der Waals surface area contributed by atoms with Crippen molar-refractivity contribution in [2.75, 3.05) is 13.6 Å². The predicted octanol–water partition coefficient (Wildman–Crippen LogP) is 3.59. The third kappa shape index (κ3) is 4.61. The fourth-order valence-corrected chi connectivity index (χ4v) is 2.42. The number of nitrogens with zero attached hydrogens (tertiary/aromatic N) is 1. The third-order valence-electron chi connectivity index (χ3n) is 3.20. The number of nitrogens with one attached hydrogen (secondary N) is 1. The summed E-state index contributed by atoms with van der Waals surface area (Å²) in [5, 5.41) is 3.36. The first-order valence-electron chi connectivity index (χ1n) is 7.58. The Labute approximate surface area is 146 Å². The second-order valence-electron chi connectivity index (χ2n) is 6.60. The van der Waals surface area contributed by atoms with Crippen molar-refractivity contribution in [1.82, 2.24) is 10.2 Å². The highest BCUT2D eigenvalue weighted by atomic mass is 35.5. The van der Waals surface area contributed by atoms with Gasteiger partial charge in [0.25, 0.3) is 5.91 Å². The summed E-state index contributed by atoms with van der Waals surface area (Å²) >= 11 is 6.13. The lowest BCUT2D eigenvalue weighted by molar-refractivity contribution is -0.122. The van der Waals surface area contributed by atoms with Crippen LogP contribution in [0.25, 0.3) is 11.3 Å². The van der Waals surface area contributed by atoms with Crippen molar-refractivity contribution >= 4 is 23.4 Å². The van der Waals surface area contributed by atoms with Gasteiger partial charge in [0.05, 0.1) is 11.6 Å². The summed E-state index contributed by atoms with van der Waals surface area (Å²) in [7, 11) is 1.56. The van der Waals surface area contributed by atoms with Gasteiger partial charge < -0.3 is 14.6 Å². The van der Waals surface area contributed by atoms with Crippen molar-refractivity contribution in [2.45, 2.75) is 26.3 Å². The third-order valence-corrected chi connectivity index (χ3v) is 3.53. The van der Waals surface area contributed by atoms with Crippen molar-refractivity contribution in [3.8, 4) is 11.3 Å². The molecule has 1 heterocycles. The van der Waals surface area contributed by atoms with E-state index in [0.29, 0.717) is 16.3 Å². The summed E-state index contributed by atoms with van der Waals surface area (Å²) in [4.78, 5) is 25.6. The second kappa shape index (κ2) is 7.09. The standard InChI is InChI=1S/C18H21ClN2O3/c1-18(2,3)20-16(22)11-21(4)17(23)15-10-9-14(24-15)12-7-5-6-8-13(12)19/h5-10H,11H2,1-4H3,(H,20,22). The summed E-state index contributed by atoms with van der Waals surface area (Å²) in [5.41, 5.74) is 0.370. The molecule has 1 N–H and O–H groups in total. The molecule has 0 unspecified atom stereocenters. The maximum Gasteiger partial charge on any atom is 0.289 e. The minimum absolute atomic E-state index is 0.0434. The number of amides is 2. The van der Waals surface area contributed by atoms with Crippen LogP contribution in [0, 0.1) is 0 Å². The molecule has 0 atom stereocenters. The van der Waals surface area contributed by atoms with Crippen LogP contribution in [-0.4, -0.2) is 35.8 Å². The molecule has 0 bridgehead atoms. The fourth-order valence-electron chi connectivity index (χ4n) is 2.19. The highest BCUT2D eigenvalue weighted by Gasteiger charge is 2.21. The van der Waals surface area contributed by atoms with E-state index in [-0.39, 0.29) is 29.7 Å². The molecule has 0 saturated heterocycles. The molecule has 6 heteroatoms. The van der Waals surface area contributed by atoms with Crippen molar-refractivity contribution in [3.63, 3.8) is 0 Å². The smallest absolute Gasteiger partial charge is 0.289 e. The van der Waals surface area contributed by atoms with E-state index in [4.69, 9.17) is 16.0 Å². The molecule has 0 aliphatic heterocycles. The van der Waals surface area contributed by atoms with Gasteiger partial charge in [0.15, 0.2) is 5.76 Å². The van der Waals surface area contributed by atoms with Crippen LogP contribution in [-0.2, 0) is 4.79 Å². The lowest BCUT2D eigenvalue weighted by Crippen LogP contribution is -2.46. The molecular formula is C18H21ClN2O3. The van der Waals surface area contributed by atoms with E-state index in [2.05, 4.69) is 5.32 Å².